The summed E-state index contributed by atoms with van der Waals surface area (Å²) in [6.07, 6.45) is 12.0. The van der Waals surface area contributed by atoms with Gasteiger partial charge < -0.3 is 10.1 Å². The largest absolute Gasteiger partial charge is 0.374 e. The van der Waals surface area contributed by atoms with Gasteiger partial charge >= 0.3 is 0 Å². The minimum Gasteiger partial charge on any atom is -0.374 e. The van der Waals surface area contributed by atoms with Crippen LogP contribution in [0.5, 0.6) is 0 Å². The van der Waals surface area contributed by atoms with Crippen LogP contribution in [0.2, 0.25) is 0 Å². The number of hydrogen-bond donors (Lipinski definition) is 1. The maximum atomic E-state index is 6.07. The first-order valence-electron chi connectivity index (χ1n) is 9.35. The highest BCUT2D eigenvalue weighted by Gasteiger charge is 2.32. The molecule has 4 atom stereocenters. The molecule has 0 bridgehead atoms. The lowest BCUT2D eigenvalue weighted by Crippen LogP contribution is -2.47. The molecule has 1 N–H and O–H groups in total. The van der Waals surface area contributed by atoms with Crippen LogP contribution in [-0.4, -0.2) is 48.8 Å². The molecule has 3 rings (SSSR count). The van der Waals surface area contributed by atoms with Crippen molar-refractivity contribution in [2.24, 2.45) is 5.92 Å². The van der Waals surface area contributed by atoms with E-state index in [9.17, 15) is 0 Å². The van der Waals surface area contributed by atoms with Crippen molar-refractivity contribution in [2.75, 3.05) is 19.6 Å². The molecular formula is C18H34N2O. The predicted octanol–water partition coefficient (Wildman–Crippen LogP) is 3.19. The lowest BCUT2D eigenvalue weighted by Gasteiger charge is -2.35. The van der Waals surface area contributed by atoms with Crippen molar-refractivity contribution in [1.29, 1.82) is 0 Å². The second-order valence-electron chi connectivity index (χ2n) is 7.70. The summed E-state index contributed by atoms with van der Waals surface area (Å²) in [7, 11) is 0. The van der Waals surface area contributed by atoms with Gasteiger partial charge in [-0.15, -0.1) is 0 Å². The van der Waals surface area contributed by atoms with Crippen molar-refractivity contribution in [3.8, 4) is 0 Å². The number of rotatable bonds is 3. The van der Waals surface area contributed by atoms with E-state index in [2.05, 4.69) is 24.1 Å². The number of nitrogens with zero attached hydrogens (tertiary/aromatic N) is 1. The molecule has 0 aromatic heterocycles. The molecule has 0 amide bonds. The van der Waals surface area contributed by atoms with Gasteiger partial charge in [-0.3, -0.25) is 4.90 Å². The first-order chi connectivity index (χ1) is 10.2. The molecule has 21 heavy (non-hydrogen) atoms. The van der Waals surface area contributed by atoms with Crippen molar-refractivity contribution in [3.63, 3.8) is 0 Å². The molecule has 3 nitrogen and oxygen atoms in total. The maximum absolute atomic E-state index is 6.07. The van der Waals surface area contributed by atoms with E-state index in [0.717, 1.165) is 12.5 Å². The van der Waals surface area contributed by atoms with Gasteiger partial charge in [-0.2, -0.15) is 0 Å². The predicted molar refractivity (Wildman–Crippen MR) is 87.6 cm³/mol. The van der Waals surface area contributed by atoms with E-state index in [0.29, 0.717) is 24.3 Å². The van der Waals surface area contributed by atoms with Crippen LogP contribution in [0, 0.1) is 5.92 Å². The van der Waals surface area contributed by atoms with Crippen LogP contribution in [0.15, 0.2) is 0 Å². The third kappa shape index (κ3) is 4.20. The van der Waals surface area contributed by atoms with E-state index in [1.54, 1.807) is 0 Å². The zero-order valence-electron chi connectivity index (χ0n) is 14.0. The second-order valence-corrected chi connectivity index (χ2v) is 7.70. The highest BCUT2D eigenvalue weighted by Crippen LogP contribution is 2.29. The monoisotopic (exact) mass is 294 g/mol. The minimum atomic E-state index is 0.476. The lowest BCUT2D eigenvalue weighted by atomic mass is 9.83. The van der Waals surface area contributed by atoms with Crippen molar-refractivity contribution in [2.45, 2.75) is 89.5 Å². The van der Waals surface area contributed by atoms with Crippen molar-refractivity contribution in [1.82, 2.24) is 10.2 Å². The molecule has 122 valence electrons. The van der Waals surface area contributed by atoms with Gasteiger partial charge in [0.15, 0.2) is 0 Å². The van der Waals surface area contributed by atoms with Gasteiger partial charge in [-0.05, 0) is 58.4 Å². The topological polar surface area (TPSA) is 24.5 Å². The summed E-state index contributed by atoms with van der Waals surface area (Å²) in [5, 5.41) is 3.86. The summed E-state index contributed by atoms with van der Waals surface area (Å²) >= 11 is 0. The second kappa shape index (κ2) is 7.43. The standard InChI is InChI=1S/C18H34N2O/c1-14-10-11-19-18(16-6-4-3-5-7-16)13-20(14)12-17-9-8-15(2)21-17/h14-19H,3-13H2,1-2H3. The summed E-state index contributed by atoms with van der Waals surface area (Å²) < 4.78 is 6.07. The van der Waals surface area contributed by atoms with Gasteiger partial charge in [-0.1, -0.05) is 19.3 Å². The molecule has 1 aliphatic carbocycles. The Morgan fingerprint density at radius 3 is 2.52 bits per heavy atom. The highest BCUT2D eigenvalue weighted by atomic mass is 16.5. The normalized spacial score (nSPS) is 40.3. The van der Waals surface area contributed by atoms with Gasteiger partial charge in [0.2, 0.25) is 0 Å². The first kappa shape index (κ1) is 15.8. The zero-order chi connectivity index (χ0) is 14.7. The fourth-order valence-electron chi connectivity index (χ4n) is 4.55. The molecule has 2 saturated heterocycles. The summed E-state index contributed by atoms with van der Waals surface area (Å²) in [5.41, 5.74) is 0. The molecule has 2 aliphatic heterocycles. The quantitative estimate of drug-likeness (QED) is 0.865. The Hall–Kier alpha value is -0.120. The fourth-order valence-corrected chi connectivity index (χ4v) is 4.55. The SMILES string of the molecule is CC1CCC(CN2CC(C3CCCCC3)NCCC2C)O1. The fraction of sp³-hybridized carbons (Fsp3) is 1.00. The Morgan fingerprint density at radius 2 is 1.81 bits per heavy atom. The Kier molecular flexibility index (Phi) is 5.58. The van der Waals surface area contributed by atoms with E-state index in [1.165, 1.54) is 64.5 Å². The molecule has 4 unspecified atom stereocenters. The molecule has 0 aromatic carbocycles. The number of hydrogen-bond acceptors (Lipinski definition) is 3. The van der Waals surface area contributed by atoms with E-state index in [-0.39, 0.29) is 0 Å². The Bertz CT molecular complexity index is 316. The average Bonchev–Trinajstić information content (AvgIpc) is 2.81. The van der Waals surface area contributed by atoms with Crippen molar-refractivity contribution >= 4 is 0 Å². The van der Waals surface area contributed by atoms with Crippen LogP contribution in [0.1, 0.15) is 65.2 Å². The van der Waals surface area contributed by atoms with Crippen LogP contribution < -0.4 is 5.32 Å². The summed E-state index contributed by atoms with van der Waals surface area (Å²) in [6, 6.07) is 1.42. The molecule has 0 radical (unpaired) electrons. The third-order valence-electron chi connectivity index (χ3n) is 6.00. The van der Waals surface area contributed by atoms with Gasteiger partial charge in [0.1, 0.15) is 0 Å². The first-order valence-corrected chi connectivity index (χ1v) is 9.35. The molecule has 0 aromatic rings. The van der Waals surface area contributed by atoms with Crippen molar-refractivity contribution in [3.05, 3.63) is 0 Å². The minimum absolute atomic E-state index is 0.476. The van der Waals surface area contributed by atoms with Gasteiger partial charge in [-0.25, -0.2) is 0 Å². The molecule has 3 fully saturated rings. The van der Waals surface area contributed by atoms with Crippen LogP contribution in [0.3, 0.4) is 0 Å². The zero-order valence-corrected chi connectivity index (χ0v) is 14.0. The van der Waals surface area contributed by atoms with E-state index in [1.807, 2.05) is 0 Å². The molecular weight excluding hydrogens is 260 g/mol. The van der Waals surface area contributed by atoms with Crippen LogP contribution in [0.4, 0.5) is 0 Å². The average molecular weight is 294 g/mol. The van der Waals surface area contributed by atoms with Crippen LogP contribution in [0.25, 0.3) is 0 Å². The van der Waals surface area contributed by atoms with Gasteiger partial charge in [0, 0.05) is 25.2 Å². The van der Waals surface area contributed by atoms with Crippen LogP contribution in [-0.2, 0) is 4.74 Å². The van der Waals surface area contributed by atoms with Gasteiger partial charge in [0.25, 0.3) is 0 Å². The molecule has 3 aliphatic rings. The third-order valence-corrected chi connectivity index (χ3v) is 6.00. The Morgan fingerprint density at radius 1 is 1.00 bits per heavy atom. The summed E-state index contributed by atoms with van der Waals surface area (Å²) in [4.78, 5) is 2.72. The number of nitrogens with one attached hydrogen (secondary N) is 1. The smallest absolute Gasteiger partial charge is 0.0706 e. The number of ether oxygens (including phenoxy) is 1. The summed E-state index contributed by atoms with van der Waals surface area (Å²) in [5.74, 6) is 0.912. The van der Waals surface area contributed by atoms with E-state index < -0.39 is 0 Å². The van der Waals surface area contributed by atoms with Crippen LogP contribution >= 0.6 is 0 Å². The van der Waals surface area contributed by atoms with E-state index in [4.69, 9.17) is 4.74 Å². The molecule has 3 heteroatoms. The van der Waals surface area contributed by atoms with Crippen molar-refractivity contribution < 1.29 is 4.74 Å². The maximum Gasteiger partial charge on any atom is 0.0706 e. The lowest BCUT2D eigenvalue weighted by molar-refractivity contribution is 0.0207. The molecule has 0 spiro atoms. The Balaban J connectivity index is 1.57. The molecule has 1 saturated carbocycles. The summed E-state index contributed by atoms with van der Waals surface area (Å²) in [6.45, 7) is 8.21. The Labute approximate surface area is 130 Å². The highest BCUT2D eigenvalue weighted by molar-refractivity contribution is 4.88. The van der Waals surface area contributed by atoms with Gasteiger partial charge in [0.05, 0.1) is 12.2 Å². The van der Waals surface area contributed by atoms with E-state index >= 15 is 0 Å². The molecule has 2 heterocycles.